The molecule has 30 aromatic rings. The molecule has 15 heteroatoms. The molecular weight excluding hydrogens is 1730 g/mol. The number of hydrogen-bond donors (Lipinski definition) is 0. The lowest BCUT2D eigenvalue weighted by molar-refractivity contribution is 0.667. The fraction of sp³-hybridized carbons (Fsp3) is 0. The Morgan fingerprint density at radius 3 is 1.13 bits per heavy atom. The van der Waals surface area contributed by atoms with E-state index in [1.807, 2.05) is 40.9 Å². The number of nitrogens with zero attached hydrogens (tertiary/aromatic N) is 8. The first-order valence-electron chi connectivity index (χ1n) is 44.9. The number of fused-ring (bicyclic) bond motifs is 27. The van der Waals surface area contributed by atoms with Crippen molar-refractivity contribution in [1.82, 2.24) is 39.0 Å². The van der Waals surface area contributed by atoms with Gasteiger partial charge >= 0.3 is 0 Å². The van der Waals surface area contributed by atoms with Gasteiger partial charge in [-0.05, 0) is 154 Å². The van der Waals surface area contributed by atoms with Crippen molar-refractivity contribution in [3.8, 4) is 89.7 Å². The lowest BCUT2D eigenvalue weighted by atomic mass is 9.97. The maximum absolute atomic E-state index is 6.50. The van der Waals surface area contributed by atoms with Crippen molar-refractivity contribution in [3.05, 3.63) is 413 Å². The summed E-state index contributed by atoms with van der Waals surface area (Å²) in [5.74, 6) is 0. The van der Waals surface area contributed by atoms with Crippen LogP contribution in [0.3, 0.4) is 0 Å². The van der Waals surface area contributed by atoms with Gasteiger partial charge in [-0.2, -0.15) is 0 Å². The lowest BCUT2D eigenvalue weighted by Gasteiger charge is -2.10. The summed E-state index contributed by atoms with van der Waals surface area (Å²) < 4.78 is 34.1. The van der Waals surface area contributed by atoms with E-state index < -0.39 is 0 Å². The number of thiophene rings is 4. The zero-order valence-corrected chi connectivity index (χ0v) is 75.0. The summed E-state index contributed by atoms with van der Waals surface area (Å²) in [6, 6.07) is 140. The lowest BCUT2D eigenvalue weighted by Crippen LogP contribution is -1.95. The summed E-state index contributed by atoms with van der Waals surface area (Å²) in [5.41, 5.74) is 29.3. The fourth-order valence-corrected chi connectivity index (χ4v) is 25.4. The average molecular weight is 1800 g/mol. The topological polar surface area (TPSA) is 127 Å². The van der Waals surface area contributed by atoms with Crippen molar-refractivity contribution in [3.63, 3.8) is 0 Å². The molecule has 0 amide bonds. The quantitative estimate of drug-likeness (QED) is 0.139. The number of hydrogen-bond acceptors (Lipinski definition) is 13. The Morgan fingerprint density at radius 2 is 0.548 bits per heavy atom. The third-order valence-corrected chi connectivity index (χ3v) is 31.5. The molecule has 0 aliphatic rings. The van der Waals surface area contributed by atoms with Crippen LogP contribution in [-0.2, 0) is 0 Å². The zero-order chi connectivity index (χ0) is 88.5. The zero-order valence-electron chi connectivity index (χ0n) is 71.7. The molecule has 0 fully saturated rings. The predicted molar refractivity (Wildman–Crippen MR) is 566 cm³/mol. The molecule has 0 saturated heterocycles. The molecule has 0 aliphatic carbocycles. The van der Waals surface area contributed by atoms with Gasteiger partial charge in [0.15, 0.2) is 11.2 Å². The van der Waals surface area contributed by atoms with Crippen LogP contribution < -0.4 is 0 Å². The molecule has 18 aromatic carbocycles. The van der Waals surface area contributed by atoms with Crippen LogP contribution in [0.1, 0.15) is 0 Å². The monoisotopic (exact) mass is 1800 g/mol. The average Bonchev–Trinajstić information content (AvgIpc) is 1.59. The highest BCUT2D eigenvalue weighted by Gasteiger charge is 2.25. The highest BCUT2D eigenvalue weighted by molar-refractivity contribution is 7.27. The van der Waals surface area contributed by atoms with Crippen LogP contribution in [0.4, 0.5) is 0 Å². The highest BCUT2D eigenvalue weighted by Crippen LogP contribution is 2.50. The van der Waals surface area contributed by atoms with E-state index in [2.05, 4.69) is 385 Å². The molecule has 0 bridgehead atoms. The normalized spacial score (nSPS) is 12.0. The van der Waals surface area contributed by atoms with Crippen molar-refractivity contribution < 1.29 is 13.3 Å². The van der Waals surface area contributed by atoms with Gasteiger partial charge in [0.1, 0.15) is 63.7 Å². The van der Waals surface area contributed by atoms with Crippen LogP contribution in [0.15, 0.2) is 427 Å². The number of aromatic nitrogens is 8. The maximum atomic E-state index is 6.50. The van der Waals surface area contributed by atoms with E-state index in [1.54, 1.807) is 41.7 Å². The molecule has 0 atom stereocenters. The van der Waals surface area contributed by atoms with E-state index >= 15 is 0 Å². The molecule has 12 heterocycles. The summed E-state index contributed by atoms with van der Waals surface area (Å²) >= 11 is 7.27. The first-order chi connectivity index (χ1) is 66.9. The fourth-order valence-electron chi connectivity index (χ4n) is 20.6. The minimum absolute atomic E-state index is 0.684. The van der Waals surface area contributed by atoms with Gasteiger partial charge < -0.3 is 22.4 Å². The van der Waals surface area contributed by atoms with E-state index in [-0.39, 0.29) is 0 Å². The van der Waals surface area contributed by atoms with E-state index in [1.165, 1.54) is 126 Å². The number of furan rings is 3. The Morgan fingerprint density at radius 1 is 0.185 bits per heavy atom. The molecule has 135 heavy (non-hydrogen) atoms. The molecule has 0 N–H and O–H groups in total. The van der Waals surface area contributed by atoms with Crippen LogP contribution in [-0.4, -0.2) is 39.0 Å². The van der Waals surface area contributed by atoms with Crippen molar-refractivity contribution in [2.45, 2.75) is 0 Å². The summed E-state index contributed by atoms with van der Waals surface area (Å²) in [6.45, 7) is 0. The molecular formula is C120H68N8O3S4. The van der Waals surface area contributed by atoms with Crippen molar-refractivity contribution in [2.75, 3.05) is 0 Å². The minimum atomic E-state index is 0.684. The molecule has 0 unspecified atom stereocenters. The van der Waals surface area contributed by atoms with Crippen LogP contribution in [0.2, 0.25) is 0 Å². The second kappa shape index (κ2) is 30.9. The summed E-state index contributed by atoms with van der Waals surface area (Å²) in [4.78, 5) is 28.6. The molecule has 0 radical (unpaired) electrons. The third-order valence-electron chi connectivity index (χ3n) is 26.7. The maximum Gasteiger partial charge on any atom is 0.180 e. The number of para-hydroxylation sites is 6. The number of benzene rings is 18. The molecule has 0 saturated carbocycles. The molecule has 630 valence electrons. The van der Waals surface area contributed by atoms with Crippen molar-refractivity contribution in [2.24, 2.45) is 0 Å². The second-order valence-corrected chi connectivity index (χ2v) is 38.4. The molecule has 30 rings (SSSR count). The standard InChI is InChI=1S/C40H24N4S.C40H22N2O2S.C40H22N2OS2/c1-5-16-33-28(12-1)29-13-2-6-17-34(29)43(33)26-11-9-10-25(22-26)38-40-39(42-24-41-38)32-23-27(20-21-37(32)45-40)44-35-18-7-3-14-30(35)31-15-4-8-19-36(31)44;1-3-16-33-28(10-1)30-14-6-12-26(38(30)43-33)23-8-5-9-25(20-23)36-39-37(42-22-41-36)32-21-24(18-19-34(32)44-39)27-13-7-15-31-29-11-2-4-17-35(29)45-40(27)31;1-3-16-34-27(10-1)29-13-6-12-26(39(29)44-34)25-9-5-8-23(20-25)24-18-19-33-32(21-24)37-38(43-33)36(41-22-42-37)31-15-7-14-30-28-11-2-4-17-35(28)45-40(30)31/h1-24H;2*1-22H. The van der Waals surface area contributed by atoms with Gasteiger partial charge in [-0.25, -0.2) is 29.9 Å². The van der Waals surface area contributed by atoms with Gasteiger partial charge in [-0.3, -0.25) is 0 Å². The van der Waals surface area contributed by atoms with Gasteiger partial charge in [-0.1, -0.05) is 279 Å². The van der Waals surface area contributed by atoms with Gasteiger partial charge in [-0.15, -0.1) is 45.3 Å². The second-order valence-electron chi connectivity index (χ2n) is 34.2. The van der Waals surface area contributed by atoms with Gasteiger partial charge in [0.25, 0.3) is 0 Å². The van der Waals surface area contributed by atoms with Gasteiger partial charge in [0.05, 0.1) is 38.0 Å². The van der Waals surface area contributed by atoms with Gasteiger partial charge in [0.2, 0.25) is 0 Å². The SMILES string of the molecule is c1cc(-c2ccc3oc4c(-c5cccc6c5sc5ccccc56)ncnc4c3c2)cc(-c2cccc3c2sc2ccccc23)c1.c1cc(-c2cccc3c2oc2ccccc23)cc(-c2ncnc3c2oc2ccc(-c4cccc5c4sc4ccccc45)cc23)c1.c1cc(-c2ncnc3c2sc2ccc(-n4c5ccccc5c5ccccc54)cc23)cc(-n2c3ccccc3c3ccccc32)c1. The van der Waals surface area contributed by atoms with Crippen LogP contribution >= 0.6 is 45.3 Å². The van der Waals surface area contributed by atoms with Crippen LogP contribution in [0.5, 0.6) is 0 Å². The van der Waals surface area contributed by atoms with Crippen LogP contribution in [0, 0.1) is 0 Å². The van der Waals surface area contributed by atoms with E-state index in [4.69, 9.17) is 43.2 Å². The summed E-state index contributed by atoms with van der Waals surface area (Å²) in [6.07, 6.45) is 5.01. The molecule has 0 spiro atoms. The van der Waals surface area contributed by atoms with Crippen LogP contribution in [0.25, 0.3) is 280 Å². The van der Waals surface area contributed by atoms with E-state index in [9.17, 15) is 0 Å². The molecule has 12 aromatic heterocycles. The largest absolute Gasteiger partial charge is 0.455 e. The Kier molecular flexibility index (Phi) is 17.6. The first kappa shape index (κ1) is 76.9. The number of rotatable bonds is 9. The summed E-state index contributed by atoms with van der Waals surface area (Å²) in [7, 11) is 0. The molecule has 11 nitrogen and oxygen atoms in total. The Bertz CT molecular complexity index is 10100. The van der Waals surface area contributed by atoms with Gasteiger partial charge in [0, 0.05) is 147 Å². The smallest absolute Gasteiger partial charge is 0.180 e. The molecule has 0 aliphatic heterocycles. The van der Waals surface area contributed by atoms with Crippen molar-refractivity contribution >= 4 is 236 Å². The first-order valence-corrected chi connectivity index (χ1v) is 48.1. The third kappa shape index (κ3) is 12.4. The Labute approximate surface area is 784 Å². The predicted octanol–water partition coefficient (Wildman–Crippen LogP) is 34.5. The minimum Gasteiger partial charge on any atom is -0.455 e. The Hall–Kier alpha value is -16.9. The summed E-state index contributed by atoms with van der Waals surface area (Å²) in [5, 5.41) is 18.1. The Balaban J connectivity index is 0.000000101. The van der Waals surface area contributed by atoms with E-state index in [0.29, 0.717) is 5.58 Å². The van der Waals surface area contributed by atoms with Crippen molar-refractivity contribution in [1.29, 1.82) is 0 Å². The highest BCUT2D eigenvalue weighted by atomic mass is 32.1. The van der Waals surface area contributed by atoms with E-state index in [0.717, 1.165) is 149 Å².